The number of hydrogen-bond acceptors (Lipinski definition) is 4. The van der Waals surface area contributed by atoms with Crippen molar-refractivity contribution in [1.29, 1.82) is 0 Å². The normalized spacial score (nSPS) is 14.9. The van der Waals surface area contributed by atoms with Crippen LogP contribution in [0.3, 0.4) is 0 Å². The molecule has 2 N–H and O–H groups in total. The number of carbonyl (C=O) groups excluding carboxylic acids is 1. The number of benzene rings is 3. The number of methoxy groups -OCH3 is 1. The van der Waals surface area contributed by atoms with E-state index in [4.69, 9.17) is 10.5 Å². The number of likely N-dealkylation sites (tertiary alicyclic amines) is 1. The van der Waals surface area contributed by atoms with E-state index in [1.54, 1.807) is 0 Å². The van der Waals surface area contributed by atoms with Gasteiger partial charge in [0.2, 0.25) is 0 Å². The van der Waals surface area contributed by atoms with E-state index < -0.39 is 5.92 Å². The summed E-state index contributed by atoms with van der Waals surface area (Å²) in [5, 5.41) is 2.56. The molecule has 0 bridgehead atoms. The van der Waals surface area contributed by atoms with E-state index in [-0.39, 0.29) is 12.8 Å². The minimum Gasteiger partial charge on any atom is -0.471 e. The van der Waals surface area contributed by atoms with Gasteiger partial charge in [-0.15, -0.1) is 0 Å². The van der Waals surface area contributed by atoms with E-state index in [9.17, 15) is 8.78 Å². The van der Waals surface area contributed by atoms with E-state index in [1.807, 2.05) is 20.8 Å². The second-order valence-corrected chi connectivity index (χ2v) is 9.58. The Morgan fingerprint density at radius 1 is 1.00 bits per heavy atom. The predicted octanol–water partition coefficient (Wildman–Crippen LogP) is 8.34. The van der Waals surface area contributed by atoms with Gasteiger partial charge in [-0.05, 0) is 70.5 Å². The standard InChI is InChI=1S/C27H31F2N.C2H7N.C2H4O2.C2H6/c1-4-19(2)23-12-11-21(18-30-15-13-27(28,29)14-16-30)17-26(23)25-10-6-8-22-20(3)7-5-9-24(22)25;1-2-3;1-4-2-3;1-2/h5-12,17,19H,4,13-16,18H2,1-3H3;2-3H2,1H3;2H,1H3;1-2H3. The summed E-state index contributed by atoms with van der Waals surface area (Å²) in [6.07, 6.45) is 1.01. The maximum Gasteiger partial charge on any atom is 0.292 e. The van der Waals surface area contributed by atoms with Gasteiger partial charge >= 0.3 is 0 Å². The number of fused-ring (bicyclic) bond motifs is 1. The van der Waals surface area contributed by atoms with Crippen LogP contribution in [0.5, 0.6) is 0 Å². The lowest BCUT2D eigenvalue weighted by Crippen LogP contribution is -2.38. The highest BCUT2D eigenvalue weighted by molar-refractivity contribution is 5.99. The van der Waals surface area contributed by atoms with E-state index in [2.05, 4.69) is 85.0 Å². The minimum atomic E-state index is -2.50. The second-order valence-electron chi connectivity index (χ2n) is 9.58. The number of nitrogens with zero attached hydrogens (tertiary/aromatic N) is 1. The molecule has 0 aliphatic carbocycles. The number of halogens is 2. The van der Waals surface area contributed by atoms with Crippen molar-refractivity contribution in [2.24, 2.45) is 5.73 Å². The van der Waals surface area contributed by atoms with E-state index >= 15 is 0 Å². The van der Waals surface area contributed by atoms with Crippen LogP contribution < -0.4 is 5.73 Å². The first-order chi connectivity index (χ1) is 18.7. The summed E-state index contributed by atoms with van der Waals surface area (Å²) >= 11 is 0. The lowest BCUT2D eigenvalue weighted by molar-refractivity contribution is -0.126. The van der Waals surface area contributed by atoms with Gasteiger partial charge in [0.15, 0.2) is 0 Å². The zero-order valence-corrected chi connectivity index (χ0v) is 24.9. The molecule has 4 rings (SSSR count). The number of ether oxygens (including phenoxy) is 1. The van der Waals surface area contributed by atoms with Crippen LogP contribution in [-0.4, -0.2) is 44.0 Å². The van der Waals surface area contributed by atoms with Gasteiger partial charge in [0.1, 0.15) is 0 Å². The van der Waals surface area contributed by atoms with Gasteiger partial charge < -0.3 is 10.5 Å². The maximum absolute atomic E-state index is 13.5. The molecule has 3 aromatic rings. The van der Waals surface area contributed by atoms with Crippen molar-refractivity contribution in [3.05, 3.63) is 71.3 Å². The van der Waals surface area contributed by atoms with Gasteiger partial charge in [-0.25, -0.2) is 8.78 Å². The summed E-state index contributed by atoms with van der Waals surface area (Å²) < 4.78 is 30.9. The summed E-state index contributed by atoms with van der Waals surface area (Å²) in [7, 11) is 1.31. The Labute approximate surface area is 234 Å². The van der Waals surface area contributed by atoms with Crippen molar-refractivity contribution < 1.29 is 18.3 Å². The lowest BCUT2D eigenvalue weighted by Gasteiger charge is -2.32. The largest absolute Gasteiger partial charge is 0.471 e. The van der Waals surface area contributed by atoms with Crippen LogP contribution >= 0.6 is 0 Å². The molecule has 1 unspecified atom stereocenters. The molecule has 0 radical (unpaired) electrons. The summed E-state index contributed by atoms with van der Waals surface area (Å²) in [5.41, 5.74) is 11.2. The third-order valence-corrected chi connectivity index (χ3v) is 6.78. The predicted molar refractivity (Wildman–Crippen MR) is 161 cm³/mol. The van der Waals surface area contributed by atoms with Crippen molar-refractivity contribution in [3.63, 3.8) is 0 Å². The van der Waals surface area contributed by atoms with E-state index in [0.29, 0.717) is 25.5 Å². The third-order valence-electron chi connectivity index (χ3n) is 6.78. The van der Waals surface area contributed by atoms with Gasteiger partial charge in [-0.2, -0.15) is 0 Å². The molecule has 0 aromatic heterocycles. The number of rotatable bonds is 6. The first kappa shape index (κ1) is 34.2. The molecule has 6 heteroatoms. The number of alkyl halides is 2. The molecular weight excluding hydrogens is 494 g/mol. The SMILES string of the molecule is CC.CCC(C)c1ccc(CN2CCC(F)(F)CC2)cc1-c1cccc2c(C)cccc12.CCN.COC=O. The molecule has 4 nitrogen and oxygen atoms in total. The quantitative estimate of drug-likeness (QED) is 0.318. The topological polar surface area (TPSA) is 55.6 Å². The third kappa shape index (κ3) is 10.3. The Bertz CT molecular complexity index is 1120. The van der Waals surface area contributed by atoms with Crippen LogP contribution in [0, 0.1) is 6.92 Å². The summed E-state index contributed by atoms with van der Waals surface area (Å²) in [4.78, 5) is 11.1. The molecule has 1 atom stereocenters. The number of nitrogens with two attached hydrogens (primary N) is 1. The first-order valence-corrected chi connectivity index (χ1v) is 14.1. The van der Waals surface area contributed by atoms with Crippen LogP contribution in [0.15, 0.2) is 54.6 Å². The molecule has 1 saturated heterocycles. The number of hydrogen-bond donors (Lipinski definition) is 1. The fourth-order valence-electron chi connectivity index (χ4n) is 4.58. The molecule has 0 saturated carbocycles. The van der Waals surface area contributed by atoms with E-state index in [1.165, 1.54) is 45.7 Å². The van der Waals surface area contributed by atoms with Crippen molar-refractivity contribution in [1.82, 2.24) is 4.90 Å². The van der Waals surface area contributed by atoms with Crippen LogP contribution in [0.4, 0.5) is 8.78 Å². The summed E-state index contributed by atoms with van der Waals surface area (Å²) in [6, 6.07) is 19.8. The number of carbonyl (C=O) groups is 1. The average Bonchev–Trinajstić information content (AvgIpc) is 2.95. The van der Waals surface area contributed by atoms with Gasteiger partial charge in [-0.1, -0.05) is 83.1 Å². The monoisotopic (exact) mass is 542 g/mol. The van der Waals surface area contributed by atoms with Crippen molar-refractivity contribution >= 4 is 17.2 Å². The zero-order valence-electron chi connectivity index (χ0n) is 24.9. The molecule has 1 fully saturated rings. The molecule has 1 heterocycles. The highest BCUT2D eigenvalue weighted by Crippen LogP contribution is 2.37. The fourth-order valence-corrected chi connectivity index (χ4v) is 4.58. The number of piperidine rings is 1. The summed E-state index contributed by atoms with van der Waals surface area (Å²) in [6.45, 7) is 15.3. The highest BCUT2D eigenvalue weighted by Gasteiger charge is 2.33. The molecular formula is C33H48F2N2O2. The Balaban J connectivity index is 0.000000748. The average molecular weight is 543 g/mol. The molecule has 0 spiro atoms. The molecule has 3 aromatic carbocycles. The van der Waals surface area contributed by atoms with Gasteiger partial charge in [0.05, 0.1) is 7.11 Å². The van der Waals surface area contributed by atoms with Gasteiger partial charge in [0, 0.05) is 32.5 Å². The van der Waals surface area contributed by atoms with Gasteiger partial charge in [0.25, 0.3) is 12.4 Å². The van der Waals surface area contributed by atoms with Crippen LogP contribution in [0.2, 0.25) is 0 Å². The fraction of sp³-hybridized carbons (Fsp3) is 0.485. The lowest BCUT2D eigenvalue weighted by atomic mass is 9.86. The Morgan fingerprint density at radius 2 is 1.56 bits per heavy atom. The van der Waals surface area contributed by atoms with Crippen LogP contribution in [0.1, 0.15) is 76.5 Å². The summed E-state index contributed by atoms with van der Waals surface area (Å²) in [5.74, 6) is -2.04. The molecule has 1 aliphatic heterocycles. The molecule has 1 aliphatic rings. The Morgan fingerprint density at radius 3 is 2.13 bits per heavy atom. The van der Waals surface area contributed by atoms with E-state index in [0.717, 1.165) is 19.5 Å². The number of aryl methyl sites for hydroxylation is 1. The van der Waals surface area contributed by atoms with Crippen molar-refractivity contribution in [2.75, 3.05) is 26.7 Å². The maximum atomic E-state index is 13.5. The Hall–Kier alpha value is -2.83. The Kier molecular flexibility index (Phi) is 15.5. The van der Waals surface area contributed by atoms with Crippen molar-refractivity contribution in [2.45, 2.75) is 79.2 Å². The minimum absolute atomic E-state index is 0.0343. The smallest absolute Gasteiger partial charge is 0.292 e. The first-order valence-electron chi connectivity index (χ1n) is 14.1. The second kappa shape index (κ2) is 17.7. The van der Waals surface area contributed by atoms with Gasteiger partial charge in [-0.3, -0.25) is 9.69 Å². The zero-order chi connectivity index (χ0) is 29.4. The highest BCUT2D eigenvalue weighted by atomic mass is 19.3. The van der Waals surface area contributed by atoms with Crippen molar-refractivity contribution in [3.8, 4) is 11.1 Å². The molecule has 216 valence electrons. The van der Waals surface area contributed by atoms with Crippen LogP contribution in [-0.2, 0) is 16.1 Å². The molecule has 39 heavy (non-hydrogen) atoms. The van der Waals surface area contributed by atoms with Crippen LogP contribution in [0.25, 0.3) is 21.9 Å². The molecule has 0 amide bonds.